The fourth-order valence-electron chi connectivity index (χ4n) is 2.47. The van der Waals surface area contributed by atoms with Crippen molar-refractivity contribution in [2.24, 2.45) is 0 Å². The van der Waals surface area contributed by atoms with Gasteiger partial charge in [0.15, 0.2) is 0 Å². The highest BCUT2D eigenvalue weighted by Gasteiger charge is 2.32. The number of carbonyl (C=O) groups excluding carboxylic acids is 2. The molecule has 6 nitrogen and oxygen atoms in total. The molecule has 142 valence electrons. The molecule has 0 radical (unpaired) electrons. The Morgan fingerprint density at radius 3 is 2.26 bits per heavy atom. The van der Waals surface area contributed by atoms with Crippen molar-refractivity contribution in [3.63, 3.8) is 0 Å². The number of rotatable bonds is 7. The van der Waals surface area contributed by atoms with Crippen LogP contribution in [-0.4, -0.2) is 29.4 Å². The van der Waals surface area contributed by atoms with E-state index in [1.807, 2.05) is 0 Å². The van der Waals surface area contributed by atoms with Crippen molar-refractivity contribution in [3.8, 4) is 0 Å². The quantitative estimate of drug-likeness (QED) is 0.696. The van der Waals surface area contributed by atoms with Gasteiger partial charge in [0.25, 0.3) is 5.91 Å². The Morgan fingerprint density at radius 2 is 1.67 bits per heavy atom. The highest BCUT2D eigenvalue weighted by molar-refractivity contribution is 5.99. The number of carboxylic acid groups (broad SMARTS) is 1. The van der Waals surface area contributed by atoms with E-state index < -0.39 is 23.1 Å². The number of nitrogens with one attached hydrogen (secondary N) is 2. The summed E-state index contributed by atoms with van der Waals surface area (Å²) in [5, 5.41) is 13.8. The number of carboxylic acids is 1. The summed E-state index contributed by atoms with van der Waals surface area (Å²) in [7, 11) is 0. The number of benzene rings is 2. The zero-order valence-electron chi connectivity index (χ0n) is 15.1. The molecule has 0 atom stereocenters. The second kappa shape index (κ2) is 8.44. The van der Waals surface area contributed by atoms with E-state index in [0.29, 0.717) is 11.3 Å². The topological polar surface area (TPSA) is 95.5 Å². The Kier molecular flexibility index (Phi) is 6.28. The van der Waals surface area contributed by atoms with Crippen molar-refractivity contribution < 1.29 is 23.9 Å². The van der Waals surface area contributed by atoms with Gasteiger partial charge in [0, 0.05) is 23.4 Å². The van der Waals surface area contributed by atoms with Crippen LogP contribution in [0.2, 0.25) is 0 Å². The minimum atomic E-state index is -1.09. The molecule has 2 amide bonds. The molecule has 0 fully saturated rings. The number of aliphatic carboxylic acids is 1. The van der Waals surface area contributed by atoms with E-state index in [1.165, 1.54) is 18.2 Å². The number of amides is 2. The Bertz CT molecular complexity index is 847. The maximum atomic E-state index is 14.0. The third-order valence-corrected chi connectivity index (χ3v) is 4.14. The summed E-state index contributed by atoms with van der Waals surface area (Å²) in [5.74, 6) is -2.23. The Hall–Kier alpha value is -3.22. The minimum Gasteiger partial charge on any atom is -0.481 e. The van der Waals surface area contributed by atoms with Crippen LogP contribution in [0.4, 0.5) is 10.1 Å². The summed E-state index contributed by atoms with van der Waals surface area (Å²) in [6, 6.07) is 12.3. The first-order valence-electron chi connectivity index (χ1n) is 8.38. The first kappa shape index (κ1) is 20.1. The lowest BCUT2D eigenvalue weighted by atomic mass is 9.83. The molecule has 0 heterocycles. The fraction of sp³-hybridized carbons (Fsp3) is 0.250. The van der Waals surface area contributed by atoms with E-state index in [1.54, 1.807) is 44.2 Å². The Labute approximate surface area is 156 Å². The maximum absolute atomic E-state index is 14.0. The highest BCUT2D eigenvalue weighted by atomic mass is 19.1. The third kappa shape index (κ3) is 5.13. The highest BCUT2D eigenvalue weighted by Crippen LogP contribution is 2.27. The predicted molar refractivity (Wildman–Crippen MR) is 99.1 cm³/mol. The second-order valence-electron chi connectivity index (χ2n) is 6.54. The normalized spacial score (nSPS) is 10.9. The van der Waals surface area contributed by atoms with Gasteiger partial charge >= 0.3 is 5.97 Å². The van der Waals surface area contributed by atoms with Gasteiger partial charge in [-0.05, 0) is 44.2 Å². The van der Waals surface area contributed by atoms with E-state index in [0.717, 1.165) is 0 Å². The summed E-state index contributed by atoms with van der Waals surface area (Å²) < 4.78 is 14.0. The number of halogens is 1. The number of anilines is 1. The molecular formula is C20H21FN2O4. The molecule has 0 aromatic heterocycles. The van der Waals surface area contributed by atoms with Crippen LogP contribution < -0.4 is 10.6 Å². The average molecular weight is 372 g/mol. The summed E-state index contributed by atoms with van der Waals surface area (Å²) in [6.45, 7) is 3.29. The maximum Gasteiger partial charge on any atom is 0.305 e. The zero-order valence-corrected chi connectivity index (χ0v) is 15.1. The van der Waals surface area contributed by atoms with Crippen LogP contribution in [0.5, 0.6) is 0 Å². The van der Waals surface area contributed by atoms with Crippen LogP contribution in [0.1, 0.15) is 36.2 Å². The standard InChI is InChI=1S/C20H21FN2O4/c1-20(2,15-5-3-4-6-16(15)21)19(27)23-14-9-7-13(8-10-14)18(26)22-12-11-17(24)25/h3-10H,11-12H2,1-2H3,(H,22,26)(H,23,27)(H,24,25). The van der Waals surface area contributed by atoms with E-state index in [9.17, 15) is 18.8 Å². The fourth-order valence-corrected chi connectivity index (χ4v) is 2.47. The molecule has 0 aliphatic rings. The molecule has 0 saturated carbocycles. The first-order chi connectivity index (χ1) is 12.7. The third-order valence-electron chi connectivity index (χ3n) is 4.14. The molecule has 27 heavy (non-hydrogen) atoms. The molecule has 0 aliphatic heterocycles. The molecule has 2 aromatic carbocycles. The van der Waals surface area contributed by atoms with Gasteiger partial charge in [-0.1, -0.05) is 18.2 Å². The molecule has 2 aromatic rings. The molecule has 0 unspecified atom stereocenters. The van der Waals surface area contributed by atoms with Gasteiger partial charge in [-0.3, -0.25) is 14.4 Å². The molecule has 0 saturated heterocycles. The molecule has 0 spiro atoms. The van der Waals surface area contributed by atoms with Crippen molar-refractivity contribution >= 4 is 23.5 Å². The van der Waals surface area contributed by atoms with E-state index in [4.69, 9.17) is 5.11 Å². The lowest BCUT2D eigenvalue weighted by molar-refractivity contribution is -0.136. The monoisotopic (exact) mass is 372 g/mol. The van der Waals surface area contributed by atoms with Crippen molar-refractivity contribution in [1.29, 1.82) is 0 Å². The predicted octanol–water partition coefficient (Wildman–Crippen LogP) is 2.95. The van der Waals surface area contributed by atoms with E-state index in [2.05, 4.69) is 10.6 Å². The summed E-state index contributed by atoms with van der Waals surface area (Å²) in [4.78, 5) is 35.0. The molecule has 2 rings (SSSR count). The second-order valence-corrected chi connectivity index (χ2v) is 6.54. The van der Waals surface area contributed by atoms with Crippen LogP contribution in [0.3, 0.4) is 0 Å². The largest absolute Gasteiger partial charge is 0.481 e. The van der Waals surface area contributed by atoms with Crippen LogP contribution in [0.25, 0.3) is 0 Å². The number of hydrogen-bond acceptors (Lipinski definition) is 3. The lowest BCUT2D eigenvalue weighted by Crippen LogP contribution is -2.35. The zero-order chi connectivity index (χ0) is 20.0. The van der Waals surface area contributed by atoms with Gasteiger partial charge < -0.3 is 15.7 Å². The van der Waals surface area contributed by atoms with Crippen LogP contribution in [-0.2, 0) is 15.0 Å². The van der Waals surface area contributed by atoms with E-state index in [-0.39, 0.29) is 24.4 Å². The molecule has 0 bridgehead atoms. The van der Waals surface area contributed by atoms with Gasteiger partial charge in [0.2, 0.25) is 5.91 Å². The lowest BCUT2D eigenvalue weighted by Gasteiger charge is -2.24. The summed E-state index contributed by atoms with van der Waals surface area (Å²) in [6.07, 6.45) is -0.162. The van der Waals surface area contributed by atoms with Crippen molar-refractivity contribution in [2.75, 3.05) is 11.9 Å². The number of carbonyl (C=O) groups is 3. The van der Waals surface area contributed by atoms with E-state index >= 15 is 0 Å². The first-order valence-corrected chi connectivity index (χ1v) is 8.38. The number of hydrogen-bond donors (Lipinski definition) is 3. The Balaban J connectivity index is 2.03. The molecular weight excluding hydrogens is 351 g/mol. The van der Waals surface area contributed by atoms with Crippen molar-refractivity contribution in [2.45, 2.75) is 25.7 Å². The van der Waals surface area contributed by atoms with Crippen LogP contribution in [0.15, 0.2) is 48.5 Å². The van der Waals surface area contributed by atoms with Crippen LogP contribution in [0, 0.1) is 5.82 Å². The van der Waals surface area contributed by atoms with Gasteiger partial charge in [-0.15, -0.1) is 0 Å². The van der Waals surface area contributed by atoms with Gasteiger partial charge in [-0.2, -0.15) is 0 Å². The molecule has 7 heteroatoms. The van der Waals surface area contributed by atoms with Crippen molar-refractivity contribution in [3.05, 3.63) is 65.5 Å². The summed E-state index contributed by atoms with van der Waals surface area (Å²) in [5.41, 5.74) is 0.00766. The minimum absolute atomic E-state index is 0.0312. The SMILES string of the molecule is CC(C)(C(=O)Nc1ccc(C(=O)NCCC(=O)O)cc1)c1ccccc1F. The van der Waals surface area contributed by atoms with Gasteiger partial charge in [0.05, 0.1) is 11.8 Å². The molecule has 3 N–H and O–H groups in total. The Morgan fingerprint density at radius 1 is 1.04 bits per heavy atom. The summed E-state index contributed by atoms with van der Waals surface area (Å²) >= 11 is 0. The van der Waals surface area contributed by atoms with Gasteiger partial charge in [-0.25, -0.2) is 4.39 Å². The molecule has 0 aliphatic carbocycles. The smallest absolute Gasteiger partial charge is 0.305 e. The average Bonchev–Trinajstić information content (AvgIpc) is 2.62. The van der Waals surface area contributed by atoms with Crippen molar-refractivity contribution in [1.82, 2.24) is 5.32 Å². The van der Waals surface area contributed by atoms with Gasteiger partial charge in [0.1, 0.15) is 5.82 Å². The van der Waals surface area contributed by atoms with Crippen LogP contribution >= 0.6 is 0 Å².